The van der Waals surface area contributed by atoms with Gasteiger partial charge in [0.1, 0.15) is 0 Å². The Labute approximate surface area is 110 Å². The molecule has 1 aliphatic heterocycles. The maximum absolute atomic E-state index is 12.5. The van der Waals surface area contributed by atoms with Crippen molar-refractivity contribution in [3.05, 3.63) is 35.8 Å². The summed E-state index contributed by atoms with van der Waals surface area (Å²) in [5.41, 5.74) is -0.444. The van der Waals surface area contributed by atoms with Crippen LogP contribution in [0.4, 0.5) is 0 Å². The van der Waals surface area contributed by atoms with Crippen LogP contribution >= 0.6 is 0 Å². The molecular formula is C13H21NO3S. The predicted molar refractivity (Wildman–Crippen MR) is 73.6 cm³/mol. The van der Waals surface area contributed by atoms with E-state index in [1.54, 1.807) is 19.1 Å². The smallest absolute Gasteiger partial charge is 0.243 e. The maximum atomic E-state index is 12.5. The number of rotatable bonds is 4. The Bertz CT molecular complexity index is 461. The minimum Gasteiger partial charge on any atom is -0.373 e. The summed E-state index contributed by atoms with van der Waals surface area (Å²) in [5.74, 6) is 0. The summed E-state index contributed by atoms with van der Waals surface area (Å²) in [4.78, 5) is 0.262. The van der Waals surface area contributed by atoms with Crippen LogP contribution in [0.15, 0.2) is 35.8 Å². The van der Waals surface area contributed by atoms with Crippen LogP contribution in [0.2, 0.25) is 0 Å². The first kappa shape index (κ1) is 15.1. The molecule has 0 spiro atoms. The molecule has 1 saturated heterocycles. The molecule has 18 heavy (non-hydrogen) atoms. The molecule has 0 saturated carbocycles. The molecule has 4 nitrogen and oxygen atoms in total. The van der Waals surface area contributed by atoms with Crippen LogP contribution in [-0.2, 0) is 14.8 Å². The van der Waals surface area contributed by atoms with Crippen molar-refractivity contribution in [2.24, 2.45) is 0 Å². The largest absolute Gasteiger partial charge is 0.373 e. The third-order valence-electron chi connectivity index (χ3n) is 2.64. The predicted octanol–water partition coefficient (Wildman–Crippen LogP) is 2.07. The molecule has 102 valence electrons. The molecule has 5 heteroatoms. The lowest BCUT2D eigenvalue weighted by Gasteiger charge is -2.37. The number of nitrogens with zero attached hydrogens (tertiary/aromatic N) is 1. The average Bonchev–Trinajstić information content (AvgIpc) is 2.27. The quantitative estimate of drug-likeness (QED) is 0.735. The van der Waals surface area contributed by atoms with Gasteiger partial charge in [0.15, 0.2) is 0 Å². The minimum atomic E-state index is -3.46. The maximum Gasteiger partial charge on any atom is 0.243 e. The van der Waals surface area contributed by atoms with Gasteiger partial charge in [-0.05, 0) is 32.9 Å². The normalized spacial score (nSPS) is 22.3. The number of morpholine rings is 1. The van der Waals surface area contributed by atoms with Crippen molar-refractivity contribution in [1.29, 1.82) is 0 Å². The first-order valence-corrected chi connectivity index (χ1v) is 7.37. The number of hydrogen-bond acceptors (Lipinski definition) is 3. The molecule has 1 aliphatic rings. The van der Waals surface area contributed by atoms with Gasteiger partial charge >= 0.3 is 0 Å². The van der Waals surface area contributed by atoms with Gasteiger partial charge in [-0.25, -0.2) is 8.42 Å². The van der Waals surface area contributed by atoms with Gasteiger partial charge in [-0.1, -0.05) is 18.7 Å². The highest BCUT2D eigenvalue weighted by Crippen LogP contribution is 2.23. The van der Waals surface area contributed by atoms with Crippen LogP contribution in [0.3, 0.4) is 0 Å². The lowest BCUT2D eigenvalue weighted by atomic mass is 10.1. The lowest BCUT2D eigenvalue weighted by Crippen LogP contribution is -2.50. The molecule has 0 unspecified atom stereocenters. The summed E-state index contributed by atoms with van der Waals surface area (Å²) in [5, 5.41) is 0. The zero-order valence-corrected chi connectivity index (χ0v) is 12.0. The van der Waals surface area contributed by atoms with E-state index in [-0.39, 0.29) is 4.91 Å². The first-order valence-electron chi connectivity index (χ1n) is 5.93. The molecule has 1 heterocycles. The van der Waals surface area contributed by atoms with Crippen LogP contribution in [-0.4, -0.2) is 38.0 Å². The van der Waals surface area contributed by atoms with Gasteiger partial charge < -0.3 is 4.74 Å². The van der Waals surface area contributed by atoms with Gasteiger partial charge in [0.05, 0.1) is 17.1 Å². The van der Waals surface area contributed by atoms with Crippen molar-refractivity contribution < 1.29 is 13.2 Å². The fraction of sp³-hybridized carbons (Fsp3) is 0.538. The summed E-state index contributed by atoms with van der Waals surface area (Å²) in [6.45, 7) is 10.3. The van der Waals surface area contributed by atoms with Gasteiger partial charge in [-0.3, -0.25) is 0 Å². The number of hydrogen-bond donors (Lipinski definition) is 0. The summed E-state index contributed by atoms with van der Waals surface area (Å²) in [6, 6.07) is 0. The molecule has 1 fully saturated rings. The Morgan fingerprint density at radius 2 is 2.11 bits per heavy atom. The molecule has 0 aliphatic carbocycles. The van der Waals surface area contributed by atoms with Crippen molar-refractivity contribution in [2.45, 2.75) is 26.4 Å². The third-order valence-corrected chi connectivity index (χ3v) is 4.50. The molecule has 0 aromatic rings. The van der Waals surface area contributed by atoms with E-state index in [1.807, 2.05) is 13.8 Å². The highest BCUT2D eigenvalue weighted by atomic mass is 32.2. The Balaban J connectivity index is 3.05. The second kappa shape index (κ2) is 5.82. The fourth-order valence-corrected chi connectivity index (χ4v) is 3.51. The van der Waals surface area contributed by atoms with Crippen LogP contribution in [0, 0.1) is 0 Å². The fourth-order valence-electron chi connectivity index (χ4n) is 1.84. The van der Waals surface area contributed by atoms with Crippen molar-refractivity contribution >= 4 is 10.0 Å². The highest BCUT2D eigenvalue weighted by Gasteiger charge is 2.35. The van der Waals surface area contributed by atoms with Crippen LogP contribution < -0.4 is 0 Å². The van der Waals surface area contributed by atoms with Crippen LogP contribution in [0.5, 0.6) is 0 Å². The second-order valence-corrected chi connectivity index (χ2v) is 6.69. The van der Waals surface area contributed by atoms with Crippen LogP contribution in [0.25, 0.3) is 0 Å². The van der Waals surface area contributed by atoms with E-state index in [1.165, 1.54) is 16.5 Å². The van der Waals surface area contributed by atoms with E-state index in [0.717, 1.165) is 0 Å². The SMILES string of the molecule is C=C/C=C(\C=C/C)S(=O)(=O)N1CCOC(C)(C)C1. The lowest BCUT2D eigenvalue weighted by molar-refractivity contribution is -0.0638. The number of ether oxygens (including phenoxy) is 1. The van der Waals surface area contributed by atoms with Gasteiger partial charge in [-0.2, -0.15) is 4.31 Å². The molecule has 0 N–H and O–H groups in total. The molecule has 0 aromatic carbocycles. The van der Waals surface area contributed by atoms with Gasteiger partial charge in [0.25, 0.3) is 0 Å². The summed E-state index contributed by atoms with van der Waals surface area (Å²) in [6.07, 6.45) is 6.29. The Morgan fingerprint density at radius 1 is 1.44 bits per heavy atom. The molecule has 0 aromatic heterocycles. The third kappa shape index (κ3) is 3.54. The standard InChI is InChI=1S/C13H21NO3S/c1-5-7-12(8-6-2)18(15,16)14-9-10-17-13(3,4)11-14/h5-8H,1,9-11H2,2-4H3/b8-6-,12-7+. The van der Waals surface area contributed by atoms with E-state index in [2.05, 4.69) is 6.58 Å². The summed E-state index contributed by atoms with van der Waals surface area (Å²) >= 11 is 0. The van der Waals surface area contributed by atoms with E-state index in [9.17, 15) is 8.42 Å². The van der Waals surface area contributed by atoms with E-state index in [0.29, 0.717) is 19.7 Å². The zero-order valence-electron chi connectivity index (χ0n) is 11.2. The Kier molecular flexibility index (Phi) is 4.90. The Morgan fingerprint density at radius 3 is 2.61 bits per heavy atom. The molecule has 1 rings (SSSR count). The average molecular weight is 271 g/mol. The molecule has 0 radical (unpaired) electrons. The number of sulfonamides is 1. The van der Waals surface area contributed by atoms with E-state index >= 15 is 0 Å². The van der Waals surface area contributed by atoms with Gasteiger partial charge in [-0.15, -0.1) is 0 Å². The van der Waals surface area contributed by atoms with Crippen molar-refractivity contribution in [3.8, 4) is 0 Å². The molecular weight excluding hydrogens is 250 g/mol. The highest BCUT2D eigenvalue weighted by molar-refractivity contribution is 7.93. The summed E-state index contributed by atoms with van der Waals surface area (Å²) in [7, 11) is -3.46. The second-order valence-electron chi connectivity index (χ2n) is 4.75. The zero-order chi connectivity index (χ0) is 13.8. The van der Waals surface area contributed by atoms with Crippen molar-refractivity contribution in [3.63, 3.8) is 0 Å². The topological polar surface area (TPSA) is 46.6 Å². The molecule has 0 amide bonds. The molecule has 0 atom stereocenters. The van der Waals surface area contributed by atoms with Gasteiger partial charge in [0, 0.05) is 13.1 Å². The van der Waals surface area contributed by atoms with Crippen molar-refractivity contribution in [1.82, 2.24) is 4.31 Å². The van der Waals surface area contributed by atoms with Crippen molar-refractivity contribution in [2.75, 3.05) is 19.7 Å². The summed E-state index contributed by atoms with van der Waals surface area (Å²) < 4.78 is 31.9. The number of allylic oxidation sites excluding steroid dienone is 4. The Hall–Kier alpha value is -0.910. The molecule has 0 bridgehead atoms. The monoisotopic (exact) mass is 271 g/mol. The van der Waals surface area contributed by atoms with E-state index in [4.69, 9.17) is 4.74 Å². The van der Waals surface area contributed by atoms with Gasteiger partial charge in [0.2, 0.25) is 10.0 Å². The first-order chi connectivity index (χ1) is 8.33. The van der Waals surface area contributed by atoms with Crippen LogP contribution in [0.1, 0.15) is 20.8 Å². The van der Waals surface area contributed by atoms with E-state index < -0.39 is 15.6 Å². The minimum absolute atomic E-state index is 0.262.